The first-order chi connectivity index (χ1) is 9.38. The summed E-state index contributed by atoms with van der Waals surface area (Å²) in [4.78, 5) is 14.4. The third-order valence-corrected chi connectivity index (χ3v) is 3.83. The van der Waals surface area contributed by atoms with E-state index < -0.39 is 5.41 Å². The summed E-state index contributed by atoms with van der Waals surface area (Å²) in [6.45, 7) is 9.69. The number of amides is 1. The zero-order valence-corrected chi connectivity index (χ0v) is 12.3. The highest BCUT2D eigenvalue weighted by Crippen LogP contribution is 2.54. The molecule has 1 aliphatic heterocycles. The summed E-state index contributed by atoms with van der Waals surface area (Å²) in [5, 5.41) is 9.61. The van der Waals surface area contributed by atoms with Crippen LogP contribution in [0.1, 0.15) is 38.8 Å². The lowest BCUT2D eigenvalue weighted by Crippen LogP contribution is -2.68. The third-order valence-electron chi connectivity index (χ3n) is 3.83. The summed E-state index contributed by atoms with van der Waals surface area (Å²) in [6.07, 6.45) is 2.05. The predicted molar refractivity (Wildman–Crippen MR) is 78.6 cm³/mol. The van der Waals surface area contributed by atoms with E-state index in [-0.39, 0.29) is 17.5 Å². The molecule has 1 aromatic rings. The van der Waals surface area contributed by atoms with Gasteiger partial charge in [0.2, 0.25) is 5.91 Å². The second-order valence-electron chi connectivity index (χ2n) is 6.24. The van der Waals surface area contributed by atoms with Gasteiger partial charge in [-0.2, -0.15) is 5.26 Å². The quantitative estimate of drug-likeness (QED) is 0.622. The number of hydrogen-bond acceptors (Lipinski definition) is 2. The van der Waals surface area contributed by atoms with Crippen LogP contribution in [-0.4, -0.2) is 16.3 Å². The van der Waals surface area contributed by atoms with E-state index in [1.807, 2.05) is 56.0 Å². The Kier molecular flexibility index (Phi) is 3.43. The lowest BCUT2D eigenvalue weighted by molar-refractivity contribution is -0.176. The number of nitrogens with zero attached hydrogens (tertiary/aromatic N) is 2. The molecule has 1 heterocycles. The van der Waals surface area contributed by atoms with Gasteiger partial charge in [0.15, 0.2) is 5.41 Å². The second kappa shape index (κ2) is 4.79. The summed E-state index contributed by atoms with van der Waals surface area (Å²) in [7, 11) is 0. The van der Waals surface area contributed by atoms with E-state index in [4.69, 9.17) is 0 Å². The van der Waals surface area contributed by atoms with E-state index in [1.165, 1.54) is 0 Å². The lowest BCUT2D eigenvalue weighted by Gasteiger charge is -2.58. The van der Waals surface area contributed by atoms with Crippen LogP contribution >= 0.6 is 0 Å². The van der Waals surface area contributed by atoms with Crippen molar-refractivity contribution in [1.29, 1.82) is 5.26 Å². The van der Waals surface area contributed by atoms with Gasteiger partial charge < -0.3 is 4.90 Å². The van der Waals surface area contributed by atoms with Crippen LogP contribution in [0.15, 0.2) is 43.0 Å². The summed E-state index contributed by atoms with van der Waals surface area (Å²) < 4.78 is 0. The molecule has 0 spiro atoms. The van der Waals surface area contributed by atoms with Gasteiger partial charge in [-0.1, -0.05) is 36.4 Å². The van der Waals surface area contributed by atoms with Crippen molar-refractivity contribution in [3.05, 3.63) is 48.6 Å². The van der Waals surface area contributed by atoms with Crippen molar-refractivity contribution in [1.82, 2.24) is 4.90 Å². The van der Waals surface area contributed by atoms with Crippen LogP contribution in [0.3, 0.4) is 0 Å². The molecule has 1 amide bonds. The van der Waals surface area contributed by atoms with Crippen LogP contribution in [0.5, 0.6) is 0 Å². The molecule has 0 aliphatic carbocycles. The average molecular weight is 268 g/mol. The van der Waals surface area contributed by atoms with E-state index in [0.717, 1.165) is 5.56 Å². The minimum atomic E-state index is -1.00. The normalized spacial score (nSPS) is 25.8. The number of carbonyl (C=O) groups is 1. The Morgan fingerprint density at radius 2 is 2.00 bits per heavy atom. The van der Waals surface area contributed by atoms with Crippen molar-refractivity contribution in [2.45, 2.75) is 38.8 Å². The van der Waals surface area contributed by atoms with Gasteiger partial charge in [0, 0.05) is 5.54 Å². The first-order valence-electron chi connectivity index (χ1n) is 6.79. The topological polar surface area (TPSA) is 44.1 Å². The molecule has 2 atom stereocenters. The van der Waals surface area contributed by atoms with E-state index in [1.54, 1.807) is 6.08 Å². The van der Waals surface area contributed by atoms with Crippen LogP contribution in [0.2, 0.25) is 0 Å². The van der Waals surface area contributed by atoms with Gasteiger partial charge in [0.05, 0.1) is 12.1 Å². The Bertz CT molecular complexity index is 565. The Balaban J connectivity index is 2.53. The number of benzene rings is 1. The predicted octanol–water partition coefficient (Wildman–Crippen LogP) is 3.45. The molecule has 2 rings (SSSR count). The number of hydrogen-bond donors (Lipinski definition) is 0. The van der Waals surface area contributed by atoms with E-state index in [9.17, 15) is 10.1 Å². The number of rotatable bonds is 3. The molecule has 104 valence electrons. The molecule has 3 nitrogen and oxygen atoms in total. The number of nitriles is 1. The number of likely N-dealkylation sites (tertiary alicyclic amines) is 1. The molecule has 0 bridgehead atoms. The molecule has 0 saturated carbocycles. The Hall–Kier alpha value is -2.08. The molecule has 3 heteroatoms. The van der Waals surface area contributed by atoms with Gasteiger partial charge in [0.25, 0.3) is 0 Å². The molecule has 0 radical (unpaired) electrons. The molecule has 1 fully saturated rings. The van der Waals surface area contributed by atoms with Gasteiger partial charge in [0.1, 0.15) is 0 Å². The summed E-state index contributed by atoms with van der Waals surface area (Å²) in [5.74, 6) is -0.0961. The first-order valence-corrected chi connectivity index (χ1v) is 6.79. The molecule has 1 aromatic carbocycles. The summed E-state index contributed by atoms with van der Waals surface area (Å²) >= 11 is 0. The largest absolute Gasteiger partial charge is 0.327 e. The summed E-state index contributed by atoms with van der Waals surface area (Å²) in [6, 6.07) is 11.8. The minimum absolute atomic E-state index is 0.0961. The van der Waals surface area contributed by atoms with Gasteiger partial charge in [-0.3, -0.25) is 4.79 Å². The maximum absolute atomic E-state index is 12.6. The van der Waals surface area contributed by atoms with Crippen LogP contribution in [0.4, 0.5) is 0 Å². The van der Waals surface area contributed by atoms with Crippen molar-refractivity contribution in [3.63, 3.8) is 0 Å². The zero-order valence-electron chi connectivity index (χ0n) is 12.3. The Morgan fingerprint density at radius 3 is 2.45 bits per heavy atom. The molecule has 1 aliphatic rings. The van der Waals surface area contributed by atoms with Gasteiger partial charge in [-0.25, -0.2) is 0 Å². The average Bonchev–Trinajstić information content (AvgIpc) is 2.41. The minimum Gasteiger partial charge on any atom is -0.327 e. The first kappa shape index (κ1) is 14.3. The van der Waals surface area contributed by atoms with E-state index >= 15 is 0 Å². The van der Waals surface area contributed by atoms with Crippen molar-refractivity contribution in [2.24, 2.45) is 5.41 Å². The van der Waals surface area contributed by atoms with Crippen LogP contribution in [-0.2, 0) is 4.79 Å². The molecule has 2 unspecified atom stereocenters. The number of allylic oxidation sites excluding steroid dienone is 1. The van der Waals surface area contributed by atoms with Crippen LogP contribution in [0.25, 0.3) is 0 Å². The molecular formula is C17H20N2O. The van der Waals surface area contributed by atoms with Gasteiger partial charge in [-0.05, 0) is 32.8 Å². The van der Waals surface area contributed by atoms with E-state index in [0.29, 0.717) is 6.42 Å². The van der Waals surface area contributed by atoms with E-state index in [2.05, 4.69) is 12.6 Å². The number of β-lactam (4-membered cyclic amide) rings is 1. The highest BCUT2D eigenvalue weighted by atomic mass is 16.2. The second-order valence-corrected chi connectivity index (χ2v) is 6.24. The monoisotopic (exact) mass is 268 g/mol. The maximum Gasteiger partial charge on any atom is 0.246 e. The fourth-order valence-electron chi connectivity index (χ4n) is 2.95. The number of carbonyl (C=O) groups excluding carboxylic acids is 1. The van der Waals surface area contributed by atoms with Crippen molar-refractivity contribution < 1.29 is 4.79 Å². The fraction of sp³-hybridized carbons (Fsp3) is 0.412. The van der Waals surface area contributed by atoms with Gasteiger partial charge in [-0.15, -0.1) is 6.58 Å². The molecule has 0 aromatic heterocycles. The zero-order chi connectivity index (χ0) is 15.0. The van der Waals surface area contributed by atoms with Crippen molar-refractivity contribution in [3.8, 4) is 6.07 Å². The Morgan fingerprint density at radius 1 is 1.40 bits per heavy atom. The molecule has 1 saturated heterocycles. The molecule has 0 N–H and O–H groups in total. The fourth-order valence-corrected chi connectivity index (χ4v) is 2.95. The molecule has 20 heavy (non-hydrogen) atoms. The van der Waals surface area contributed by atoms with Crippen LogP contribution < -0.4 is 0 Å². The SMILES string of the molecule is C=CCC1(C#N)C(=O)N(C(C)(C)C)C1c1ccccc1. The van der Waals surface area contributed by atoms with Crippen molar-refractivity contribution >= 4 is 5.91 Å². The van der Waals surface area contributed by atoms with Crippen molar-refractivity contribution in [2.75, 3.05) is 0 Å². The maximum atomic E-state index is 12.6. The highest BCUT2D eigenvalue weighted by Gasteiger charge is 2.63. The molecular weight excluding hydrogens is 248 g/mol. The van der Waals surface area contributed by atoms with Gasteiger partial charge >= 0.3 is 0 Å². The smallest absolute Gasteiger partial charge is 0.246 e. The Labute approximate surface area is 120 Å². The van der Waals surface area contributed by atoms with Crippen LogP contribution in [0, 0.1) is 16.7 Å². The highest BCUT2D eigenvalue weighted by molar-refractivity contribution is 5.94. The summed E-state index contributed by atoms with van der Waals surface area (Å²) in [5.41, 5.74) is -0.305. The third kappa shape index (κ3) is 1.92. The lowest BCUT2D eigenvalue weighted by atomic mass is 9.65. The standard InChI is InChI=1S/C17H20N2O/c1-5-11-17(12-18)14(13-9-7-6-8-10-13)19(15(17)20)16(2,3)4/h5-10,14H,1,11H2,2-4H3.